The van der Waals surface area contributed by atoms with Gasteiger partial charge >= 0.3 is 0 Å². The summed E-state index contributed by atoms with van der Waals surface area (Å²) in [5.74, 6) is 0.227. The first-order valence-corrected chi connectivity index (χ1v) is 12.5. The minimum atomic E-state index is -0.306. The molecule has 2 aliphatic carbocycles. The lowest BCUT2D eigenvalue weighted by Crippen LogP contribution is -2.22. The van der Waals surface area contributed by atoms with Crippen LogP contribution in [0.1, 0.15) is 57.6 Å². The fourth-order valence-corrected chi connectivity index (χ4v) is 5.54. The van der Waals surface area contributed by atoms with E-state index in [-0.39, 0.29) is 11.5 Å². The van der Waals surface area contributed by atoms with Crippen molar-refractivity contribution in [3.8, 4) is 22.3 Å². The Labute approximate surface area is 203 Å². The van der Waals surface area contributed by atoms with E-state index in [9.17, 15) is 0 Å². The van der Waals surface area contributed by atoms with Gasteiger partial charge in [-0.15, -0.1) is 6.58 Å². The highest BCUT2D eigenvalue weighted by molar-refractivity contribution is 6.27. The molecular formula is C33H34O. The largest absolute Gasteiger partial charge is 0.371 e. The van der Waals surface area contributed by atoms with Crippen molar-refractivity contribution < 1.29 is 4.74 Å². The maximum atomic E-state index is 6.21. The highest BCUT2D eigenvalue weighted by Gasteiger charge is 2.29. The van der Waals surface area contributed by atoms with Crippen LogP contribution in [-0.2, 0) is 10.3 Å². The van der Waals surface area contributed by atoms with E-state index in [1.54, 1.807) is 0 Å². The summed E-state index contributed by atoms with van der Waals surface area (Å²) in [6.45, 7) is 18.3. The normalized spacial score (nSPS) is 13.3. The Hall–Kier alpha value is -3.16. The molecule has 0 heterocycles. The molecule has 0 aromatic heterocycles. The van der Waals surface area contributed by atoms with Crippen molar-refractivity contribution in [3.63, 3.8) is 0 Å². The highest BCUT2D eigenvalue weighted by atomic mass is 16.5. The number of benzene rings is 3. The first-order valence-electron chi connectivity index (χ1n) is 12.5. The van der Waals surface area contributed by atoms with Gasteiger partial charge in [0, 0.05) is 6.61 Å². The lowest BCUT2D eigenvalue weighted by atomic mass is 9.94. The second kappa shape index (κ2) is 8.56. The average Bonchev–Trinajstić information content (AvgIpc) is 3.32. The molecule has 0 aliphatic heterocycles. The molecule has 0 amide bonds. The fraction of sp³-hybridized carbons (Fsp3) is 0.273. The van der Waals surface area contributed by atoms with Gasteiger partial charge in [-0.2, -0.15) is 0 Å². The zero-order chi connectivity index (χ0) is 24.0. The molecule has 1 heteroatoms. The van der Waals surface area contributed by atoms with E-state index in [1.165, 1.54) is 54.9 Å². The van der Waals surface area contributed by atoms with Crippen molar-refractivity contribution in [2.24, 2.45) is 0 Å². The molecule has 172 valence electrons. The van der Waals surface area contributed by atoms with Gasteiger partial charge in [0.2, 0.25) is 0 Å². The van der Waals surface area contributed by atoms with Gasteiger partial charge in [0.05, 0.1) is 5.60 Å². The molecule has 0 bridgehead atoms. The van der Waals surface area contributed by atoms with Gasteiger partial charge in [0.15, 0.2) is 0 Å². The Morgan fingerprint density at radius 1 is 0.912 bits per heavy atom. The van der Waals surface area contributed by atoms with Crippen molar-refractivity contribution in [2.45, 2.75) is 52.1 Å². The van der Waals surface area contributed by atoms with E-state index in [4.69, 9.17) is 4.74 Å². The van der Waals surface area contributed by atoms with Crippen LogP contribution in [0.3, 0.4) is 0 Å². The van der Waals surface area contributed by atoms with E-state index in [0.29, 0.717) is 0 Å². The number of rotatable bonds is 8. The number of hydrogen-bond acceptors (Lipinski definition) is 1. The van der Waals surface area contributed by atoms with Crippen molar-refractivity contribution in [1.82, 2.24) is 0 Å². The second-order valence-electron chi connectivity index (χ2n) is 10.0. The quantitative estimate of drug-likeness (QED) is 0.171. The standard InChI is InChI=1S/C33H34O/c1-7-9-20-34-33(5,6)25-18-16-24(17-19-25)29-22(4)28(21(3)8-2)31-26-14-10-12-23-13-11-15-27(30(23)26)32(29)31/h8,10-19,21H,2,4,7,9,20H2,1,3,5-6H3. The Bertz CT molecular complexity index is 1470. The molecule has 34 heavy (non-hydrogen) atoms. The maximum absolute atomic E-state index is 6.21. The number of hydrogen-bond donors (Lipinski definition) is 0. The number of allylic oxidation sites excluding steroid dienone is 1. The molecule has 2 aliphatic rings. The smallest absolute Gasteiger partial charge is 0.0875 e. The minimum absolute atomic E-state index is 0.227. The zero-order valence-corrected chi connectivity index (χ0v) is 20.9. The zero-order valence-electron chi connectivity index (χ0n) is 20.9. The maximum Gasteiger partial charge on any atom is 0.0875 e. The van der Waals surface area contributed by atoms with E-state index in [1.807, 2.05) is 6.08 Å². The molecule has 1 unspecified atom stereocenters. The summed E-state index contributed by atoms with van der Waals surface area (Å²) in [4.78, 5) is 0. The molecule has 5 rings (SSSR count). The van der Waals surface area contributed by atoms with Crippen LogP contribution in [0.15, 0.2) is 73.3 Å². The van der Waals surface area contributed by atoms with Crippen LogP contribution in [0.25, 0.3) is 50.4 Å². The SMILES string of the molecule is C=CC(C)c1c2c3cccc4cccc(c-2c(-c2ccc(C(C)(C)OCCCC)cc2)c1=C)c43. The summed E-state index contributed by atoms with van der Waals surface area (Å²) in [5.41, 5.74) is 7.32. The van der Waals surface area contributed by atoms with E-state index >= 15 is 0 Å². The number of fused-ring (bicyclic) bond motifs is 3. The Balaban J connectivity index is 1.72. The van der Waals surface area contributed by atoms with Gasteiger partial charge in [0.1, 0.15) is 0 Å². The summed E-state index contributed by atoms with van der Waals surface area (Å²) < 4.78 is 6.21. The molecule has 0 fully saturated rings. The third-order valence-corrected chi connectivity index (χ3v) is 7.48. The molecule has 3 aromatic carbocycles. The number of ether oxygens (including phenoxy) is 1. The van der Waals surface area contributed by atoms with Gasteiger partial charge in [-0.05, 0) is 86.3 Å². The molecule has 0 saturated carbocycles. The van der Waals surface area contributed by atoms with Crippen molar-refractivity contribution in [1.29, 1.82) is 0 Å². The highest BCUT2D eigenvalue weighted by Crippen LogP contribution is 2.50. The first kappa shape index (κ1) is 22.6. The van der Waals surface area contributed by atoms with Gasteiger partial charge < -0.3 is 4.74 Å². The summed E-state index contributed by atoms with van der Waals surface area (Å²) in [6, 6.07) is 22.2. The third-order valence-electron chi connectivity index (χ3n) is 7.48. The fourth-order valence-electron chi connectivity index (χ4n) is 5.54. The van der Waals surface area contributed by atoms with E-state index < -0.39 is 0 Å². The summed E-state index contributed by atoms with van der Waals surface area (Å²) >= 11 is 0. The van der Waals surface area contributed by atoms with Crippen LogP contribution in [-0.4, -0.2) is 6.61 Å². The Kier molecular flexibility index (Phi) is 5.70. The lowest BCUT2D eigenvalue weighted by Gasteiger charge is -2.26. The van der Waals surface area contributed by atoms with Crippen LogP contribution in [0, 0.1) is 0 Å². The van der Waals surface area contributed by atoms with Crippen molar-refractivity contribution >= 4 is 28.1 Å². The predicted molar refractivity (Wildman–Crippen MR) is 148 cm³/mol. The minimum Gasteiger partial charge on any atom is -0.371 e. The number of unbranched alkanes of at least 4 members (excludes halogenated alkanes) is 1. The van der Waals surface area contributed by atoms with Gasteiger partial charge in [-0.25, -0.2) is 0 Å². The molecule has 1 nitrogen and oxygen atoms in total. The third kappa shape index (κ3) is 3.42. The van der Waals surface area contributed by atoms with Crippen LogP contribution < -0.4 is 5.22 Å². The van der Waals surface area contributed by atoms with E-state index in [2.05, 4.69) is 102 Å². The Morgan fingerprint density at radius 3 is 2.18 bits per heavy atom. The predicted octanol–water partition coefficient (Wildman–Crippen LogP) is 8.67. The van der Waals surface area contributed by atoms with Crippen molar-refractivity contribution in [2.75, 3.05) is 6.61 Å². The van der Waals surface area contributed by atoms with Crippen LogP contribution in [0.5, 0.6) is 0 Å². The molecule has 0 spiro atoms. The molecule has 3 aromatic rings. The lowest BCUT2D eigenvalue weighted by molar-refractivity contribution is -0.0229. The molecular weight excluding hydrogens is 412 g/mol. The van der Waals surface area contributed by atoms with Crippen molar-refractivity contribution in [3.05, 3.63) is 89.7 Å². The average molecular weight is 447 g/mol. The molecule has 0 radical (unpaired) electrons. The molecule has 0 saturated heterocycles. The molecule has 1 atom stereocenters. The summed E-state index contributed by atoms with van der Waals surface area (Å²) in [7, 11) is 0. The summed E-state index contributed by atoms with van der Waals surface area (Å²) in [5, 5.41) is 6.41. The van der Waals surface area contributed by atoms with Gasteiger partial charge in [0.25, 0.3) is 0 Å². The van der Waals surface area contributed by atoms with Crippen LogP contribution >= 0.6 is 0 Å². The Morgan fingerprint density at radius 2 is 1.56 bits per heavy atom. The van der Waals surface area contributed by atoms with E-state index in [0.717, 1.165) is 24.7 Å². The molecule has 0 N–H and O–H groups in total. The topological polar surface area (TPSA) is 9.23 Å². The van der Waals surface area contributed by atoms with Gasteiger partial charge in [-0.1, -0.05) is 93.6 Å². The van der Waals surface area contributed by atoms with Crippen LogP contribution in [0.4, 0.5) is 0 Å². The monoisotopic (exact) mass is 446 g/mol. The second-order valence-corrected chi connectivity index (χ2v) is 10.0. The first-order chi connectivity index (χ1) is 16.4. The van der Waals surface area contributed by atoms with Crippen LogP contribution in [0.2, 0.25) is 0 Å². The van der Waals surface area contributed by atoms with Gasteiger partial charge in [-0.3, -0.25) is 0 Å². The summed E-state index contributed by atoms with van der Waals surface area (Å²) in [6.07, 6.45) is 4.27.